The average Bonchev–Trinajstić information content (AvgIpc) is 2.57. The Morgan fingerprint density at radius 2 is 2.17 bits per heavy atom. The molecule has 0 radical (unpaired) electrons. The molecular formula is C12H20N2O3S. The Morgan fingerprint density at radius 3 is 2.83 bits per heavy atom. The molecule has 2 heterocycles. The molecule has 0 spiro atoms. The van der Waals surface area contributed by atoms with Crippen molar-refractivity contribution >= 4 is 9.84 Å². The summed E-state index contributed by atoms with van der Waals surface area (Å²) in [5.74, 6) is 2.22. The summed E-state index contributed by atoms with van der Waals surface area (Å²) in [5.41, 5.74) is 6.65. The number of sulfone groups is 1. The smallest absolute Gasteiger partial charge is 0.151 e. The van der Waals surface area contributed by atoms with Crippen molar-refractivity contribution in [1.82, 2.24) is 4.90 Å². The van der Waals surface area contributed by atoms with Gasteiger partial charge in [-0.3, -0.25) is 4.90 Å². The first-order valence-electron chi connectivity index (χ1n) is 6.21. The minimum atomic E-state index is -2.84. The highest BCUT2D eigenvalue weighted by Gasteiger charge is 2.20. The summed E-state index contributed by atoms with van der Waals surface area (Å²) in [6.07, 6.45) is 0.711. The molecule has 18 heavy (non-hydrogen) atoms. The van der Waals surface area contributed by atoms with E-state index in [1.807, 2.05) is 13.0 Å². The normalized spacial score (nSPS) is 20.8. The van der Waals surface area contributed by atoms with Gasteiger partial charge in [-0.1, -0.05) is 0 Å². The van der Waals surface area contributed by atoms with Gasteiger partial charge >= 0.3 is 0 Å². The highest BCUT2D eigenvalue weighted by atomic mass is 32.2. The van der Waals surface area contributed by atoms with Gasteiger partial charge in [0.15, 0.2) is 9.84 Å². The second-order valence-electron chi connectivity index (χ2n) is 4.78. The SMILES string of the molecule is Cc1oc(CN)cc1CN1CCCS(=O)(=O)CC1. The summed E-state index contributed by atoms with van der Waals surface area (Å²) < 4.78 is 28.6. The molecular weight excluding hydrogens is 252 g/mol. The van der Waals surface area contributed by atoms with E-state index in [2.05, 4.69) is 4.90 Å². The van der Waals surface area contributed by atoms with Crippen LogP contribution in [-0.2, 0) is 22.9 Å². The van der Waals surface area contributed by atoms with Crippen molar-refractivity contribution < 1.29 is 12.8 Å². The first kappa shape index (κ1) is 13.6. The zero-order valence-electron chi connectivity index (χ0n) is 10.7. The minimum absolute atomic E-state index is 0.258. The minimum Gasteiger partial charge on any atom is -0.465 e. The Kier molecular flexibility index (Phi) is 4.09. The van der Waals surface area contributed by atoms with Crippen LogP contribution in [0.4, 0.5) is 0 Å². The fourth-order valence-corrected chi connectivity index (χ4v) is 3.54. The number of rotatable bonds is 3. The summed E-state index contributed by atoms with van der Waals surface area (Å²) in [4.78, 5) is 2.17. The van der Waals surface area contributed by atoms with Crippen LogP contribution >= 0.6 is 0 Å². The molecule has 1 aromatic rings. The Labute approximate surface area is 108 Å². The van der Waals surface area contributed by atoms with Crippen LogP contribution in [0.3, 0.4) is 0 Å². The van der Waals surface area contributed by atoms with Gasteiger partial charge in [-0.25, -0.2) is 8.42 Å². The predicted molar refractivity (Wildman–Crippen MR) is 69.9 cm³/mol. The summed E-state index contributed by atoms with van der Waals surface area (Å²) >= 11 is 0. The van der Waals surface area contributed by atoms with Crippen LogP contribution in [0.2, 0.25) is 0 Å². The van der Waals surface area contributed by atoms with Gasteiger partial charge in [-0.05, 0) is 26.0 Å². The van der Waals surface area contributed by atoms with Gasteiger partial charge in [0.25, 0.3) is 0 Å². The van der Waals surface area contributed by atoms with Crippen LogP contribution in [0.25, 0.3) is 0 Å². The molecule has 0 amide bonds. The van der Waals surface area contributed by atoms with Crippen molar-refractivity contribution in [3.05, 3.63) is 23.2 Å². The quantitative estimate of drug-likeness (QED) is 0.875. The van der Waals surface area contributed by atoms with Gasteiger partial charge < -0.3 is 10.2 Å². The van der Waals surface area contributed by atoms with Crippen LogP contribution in [-0.4, -0.2) is 37.9 Å². The Hall–Kier alpha value is -0.850. The van der Waals surface area contributed by atoms with Crippen LogP contribution < -0.4 is 5.73 Å². The number of hydrogen-bond donors (Lipinski definition) is 1. The summed E-state index contributed by atoms with van der Waals surface area (Å²) in [6, 6.07) is 1.97. The lowest BCUT2D eigenvalue weighted by Gasteiger charge is -2.18. The van der Waals surface area contributed by atoms with Crippen LogP contribution in [0.1, 0.15) is 23.5 Å². The molecule has 1 aliphatic heterocycles. The van der Waals surface area contributed by atoms with E-state index in [0.29, 0.717) is 25.3 Å². The van der Waals surface area contributed by atoms with E-state index in [4.69, 9.17) is 10.2 Å². The van der Waals surface area contributed by atoms with E-state index in [0.717, 1.165) is 30.2 Å². The summed E-state index contributed by atoms with van der Waals surface area (Å²) in [7, 11) is -2.84. The van der Waals surface area contributed by atoms with Crippen LogP contribution in [0.5, 0.6) is 0 Å². The molecule has 0 unspecified atom stereocenters. The number of furan rings is 1. The molecule has 1 aliphatic rings. The Balaban J connectivity index is 2.02. The molecule has 0 atom stereocenters. The largest absolute Gasteiger partial charge is 0.465 e. The highest BCUT2D eigenvalue weighted by Crippen LogP contribution is 2.17. The molecule has 0 bridgehead atoms. The zero-order valence-corrected chi connectivity index (χ0v) is 11.5. The van der Waals surface area contributed by atoms with Gasteiger partial charge in [0, 0.05) is 18.7 Å². The molecule has 2 rings (SSSR count). The molecule has 5 nitrogen and oxygen atoms in total. The van der Waals surface area contributed by atoms with Gasteiger partial charge in [0.05, 0.1) is 18.1 Å². The third-order valence-electron chi connectivity index (χ3n) is 3.31. The van der Waals surface area contributed by atoms with Crippen LogP contribution in [0.15, 0.2) is 10.5 Å². The van der Waals surface area contributed by atoms with Crippen molar-refractivity contribution in [2.75, 3.05) is 24.6 Å². The van der Waals surface area contributed by atoms with E-state index in [1.165, 1.54) is 0 Å². The molecule has 1 aromatic heterocycles. The monoisotopic (exact) mass is 272 g/mol. The Morgan fingerprint density at radius 1 is 1.39 bits per heavy atom. The molecule has 1 fully saturated rings. The predicted octanol–water partition coefficient (Wildman–Crippen LogP) is 0.667. The average molecular weight is 272 g/mol. The lowest BCUT2D eigenvalue weighted by Crippen LogP contribution is -2.26. The third-order valence-corrected chi connectivity index (χ3v) is 5.03. The molecule has 0 aromatic carbocycles. The standard InChI is InChI=1S/C12H20N2O3S/c1-10-11(7-12(8-13)17-10)9-14-3-2-5-18(15,16)6-4-14/h7H,2-6,8-9,13H2,1H3. The first-order valence-corrected chi connectivity index (χ1v) is 8.03. The van der Waals surface area contributed by atoms with Gasteiger partial charge in [-0.2, -0.15) is 0 Å². The Bertz CT molecular complexity index is 507. The summed E-state index contributed by atoms with van der Waals surface area (Å²) in [5, 5.41) is 0. The van der Waals surface area contributed by atoms with Gasteiger partial charge in [0.1, 0.15) is 11.5 Å². The third kappa shape index (κ3) is 3.34. The van der Waals surface area contributed by atoms with Crippen molar-refractivity contribution in [1.29, 1.82) is 0 Å². The second kappa shape index (κ2) is 5.42. The van der Waals surface area contributed by atoms with E-state index in [1.54, 1.807) is 0 Å². The van der Waals surface area contributed by atoms with Crippen LogP contribution in [0, 0.1) is 6.92 Å². The van der Waals surface area contributed by atoms with Crippen molar-refractivity contribution in [2.24, 2.45) is 5.73 Å². The lowest BCUT2D eigenvalue weighted by molar-refractivity contribution is 0.285. The fraction of sp³-hybridized carbons (Fsp3) is 0.667. The lowest BCUT2D eigenvalue weighted by atomic mass is 10.2. The fourth-order valence-electron chi connectivity index (χ4n) is 2.23. The maximum Gasteiger partial charge on any atom is 0.151 e. The maximum atomic E-state index is 11.5. The molecule has 102 valence electrons. The summed E-state index contributed by atoms with van der Waals surface area (Å²) in [6.45, 7) is 4.48. The molecule has 0 saturated carbocycles. The second-order valence-corrected chi connectivity index (χ2v) is 7.08. The van der Waals surface area contributed by atoms with E-state index < -0.39 is 9.84 Å². The molecule has 0 aliphatic carbocycles. The van der Waals surface area contributed by atoms with Gasteiger partial charge in [-0.15, -0.1) is 0 Å². The van der Waals surface area contributed by atoms with Crippen molar-refractivity contribution in [3.63, 3.8) is 0 Å². The number of nitrogens with two attached hydrogens (primary N) is 1. The number of hydrogen-bond acceptors (Lipinski definition) is 5. The van der Waals surface area contributed by atoms with E-state index in [-0.39, 0.29) is 5.75 Å². The topological polar surface area (TPSA) is 76.5 Å². The molecule has 1 saturated heterocycles. The maximum absolute atomic E-state index is 11.5. The zero-order chi connectivity index (χ0) is 13.2. The highest BCUT2D eigenvalue weighted by molar-refractivity contribution is 7.91. The molecule has 2 N–H and O–H groups in total. The number of aryl methyl sites for hydroxylation is 1. The van der Waals surface area contributed by atoms with E-state index in [9.17, 15) is 8.42 Å². The number of nitrogens with zero attached hydrogens (tertiary/aromatic N) is 1. The van der Waals surface area contributed by atoms with E-state index >= 15 is 0 Å². The van der Waals surface area contributed by atoms with Crippen molar-refractivity contribution in [3.8, 4) is 0 Å². The first-order chi connectivity index (χ1) is 8.50. The van der Waals surface area contributed by atoms with Crippen molar-refractivity contribution in [2.45, 2.75) is 26.4 Å². The van der Waals surface area contributed by atoms with Gasteiger partial charge in [0.2, 0.25) is 0 Å². The molecule has 6 heteroatoms.